The maximum Gasteiger partial charge on any atom is 0.306 e. The van der Waals surface area contributed by atoms with E-state index in [1.54, 1.807) is 0 Å². The summed E-state index contributed by atoms with van der Waals surface area (Å²) in [5, 5.41) is 3.20. The molecule has 0 spiro atoms. The summed E-state index contributed by atoms with van der Waals surface area (Å²) in [6, 6.07) is 6.05. The molecule has 5 heteroatoms. The molecule has 0 saturated heterocycles. The average molecular weight is 314 g/mol. The van der Waals surface area contributed by atoms with Gasteiger partial charge in [-0.2, -0.15) is 0 Å². The van der Waals surface area contributed by atoms with Crippen molar-refractivity contribution in [2.75, 3.05) is 20.2 Å². The van der Waals surface area contributed by atoms with Crippen molar-refractivity contribution in [2.45, 2.75) is 18.9 Å². The second-order valence-corrected chi connectivity index (χ2v) is 5.14. The number of hydrogen-bond acceptors (Lipinski definition) is 4. The summed E-state index contributed by atoms with van der Waals surface area (Å²) in [4.78, 5) is 10.9. The van der Waals surface area contributed by atoms with Crippen LogP contribution in [0.15, 0.2) is 22.7 Å². The normalized spacial score (nSPS) is 17.1. The van der Waals surface area contributed by atoms with Gasteiger partial charge in [-0.15, -0.1) is 0 Å². The minimum Gasteiger partial charge on any atom is -0.488 e. The summed E-state index contributed by atoms with van der Waals surface area (Å²) in [5.74, 6) is 0.764. The average Bonchev–Trinajstić information content (AvgIpc) is 2.76. The molecule has 1 aromatic rings. The largest absolute Gasteiger partial charge is 0.488 e. The lowest BCUT2D eigenvalue weighted by atomic mass is 10.1. The summed E-state index contributed by atoms with van der Waals surface area (Å²) in [6.07, 6.45) is 1.44. The molecular weight excluding hydrogens is 298 g/mol. The third-order valence-electron chi connectivity index (χ3n) is 2.87. The van der Waals surface area contributed by atoms with Gasteiger partial charge in [-0.1, -0.05) is 15.9 Å². The van der Waals surface area contributed by atoms with Crippen LogP contribution in [-0.2, 0) is 16.0 Å². The molecule has 1 heterocycles. The molecule has 1 atom stereocenters. The number of benzene rings is 1. The molecule has 0 amide bonds. The van der Waals surface area contributed by atoms with Crippen molar-refractivity contribution in [3.8, 4) is 5.75 Å². The van der Waals surface area contributed by atoms with Crippen LogP contribution >= 0.6 is 15.9 Å². The van der Waals surface area contributed by atoms with Crippen LogP contribution in [0.5, 0.6) is 5.75 Å². The Kier molecular flexibility index (Phi) is 4.60. The van der Waals surface area contributed by atoms with E-state index in [0.29, 0.717) is 13.0 Å². The Hall–Kier alpha value is -1.07. The molecule has 18 heavy (non-hydrogen) atoms. The topological polar surface area (TPSA) is 47.6 Å². The van der Waals surface area contributed by atoms with Crippen molar-refractivity contribution in [2.24, 2.45) is 0 Å². The zero-order valence-electron chi connectivity index (χ0n) is 10.2. The molecule has 0 aromatic heterocycles. The Morgan fingerprint density at radius 3 is 3.22 bits per heavy atom. The molecule has 0 aliphatic carbocycles. The second kappa shape index (κ2) is 6.20. The maximum absolute atomic E-state index is 10.9. The predicted octanol–water partition coefficient (Wildman–Crippen LogP) is 1.91. The van der Waals surface area contributed by atoms with E-state index >= 15 is 0 Å². The first kappa shape index (κ1) is 13.4. The van der Waals surface area contributed by atoms with E-state index in [-0.39, 0.29) is 12.1 Å². The number of nitrogens with one attached hydrogen (secondary N) is 1. The van der Waals surface area contributed by atoms with Crippen molar-refractivity contribution in [3.05, 3.63) is 28.2 Å². The highest BCUT2D eigenvalue weighted by atomic mass is 79.9. The summed E-state index contributed by atoms with van der Waals surface area (Å²) >= 11 is 3.45. The van der Waals surface area contributed by atoms with E-state index in [4.69, 9.17) is 4.74 Å². The van der Waals surface area contributed by atoms with Crippen molar-refractivity contribution >= 4 is 21.9 Å². The van der Waals surface area contributed by atoms with Gasteiger partial charge in [0.2, 0.25) is 0 Å². The fraction of sp³-hybridized carbons (Fsp3) is 0.462. The van der Waals surface area contributed by atoms with Crippen LogP contribution in [-0.4, -0.2) is 32.3 Å². The summed E-state index contributed by atoms with van der Waals surface area (Å²) in [7, 11) is 1.40. The maximum atomic E-state index is 10.9. The second-order valence-electron chi connectivity index (χ2n) is 4.23. The minimum absolute atomic E-state index is 0.145. The molecular formula is C13H16BrNO3. The lowest BCUT2D eigenvalue weighted by molar-refractivity contribution is -0.140. The summed E-state index contributed by atoms with van der Waals surface area (Å²) in [5.41, 5.74) is 1.23. The van der Waals surface area contributed by atoms with Gasteiger partial charge in [-0.05, 0) is 23.8 Å². The summed E-state index contributed by atoms with van der Waals surface area (Å²) in [6.45, 7) is 1.36. The Morgan fingerprint density at radius 1 is 1.61 bits per heavy atom. The van der Waals surface area contributed by atoms with E-state index < -0.39 is 0 Å². The van der Waals surface area contributed by atoms with Gasteiger partial charge in [-0.25, -0.2) is 0 Å². The van der Waals surface area contributed by atoms with Gasteiger partial charge in [-0.3, -0.25) is 4.79 Å². The fourth-order valence-electron chi connectivity index (χ4n) is 1.96. The van der Waals surface area contributed by atoms with Crippen molar-refractivity contribution in [3.63, 3.8) is 0 Å². The Labute approximate surface area is 115 Å². The number of carbonyl (C=O) groups excluding carboxylic acids is 1. The van der Waals surface area contributed by atoms with E-state index in [2.05, 4.69) is 32.0 Å². The first-order valence-electron chi connectivity index (χ1n) is 5.91. The molecule has 1 aliphatic rings. The third-order valence-corrected chi connectivity index (χ3v) is 3.36. The van der Waals surface area contributed by atoms with E-state index in [0.717, 1.165) is 23.2 Å². The Morgan fingerprint density at radius 2 is 2.44 bits per heavy atom. The molecule has 0 radical (unpaired) electrons. The number of rotatable bonds is 5. The van der Waals surface area contributed by atoms with Gasteiger partial charge in [0, 0.05) is 24.0 Å². The van der Waals surface area contributed by atoms with Crippen LogP contribution < -0.4 is 10.1 Å². The molecule has 0 fully saturated rings. The number of methoxy groups -OCH3 is 1. The molecule has 98 valence electrons. The molecule has 1 aromatic carbocycles. The van der Waals surface area contributed by atoms with Crippen LogP contribution in [0.4, 0.5) is 0 Å². The van der Waals surface area contributed by atoms with Gasteiger partial charge in [0.25, 0.3) is 0 Å². The first-order valence-corrected chi connectivity index (χ1v) is 6.71. The molecule has 1 aliphatic heterocycles. The smallest absolute Gasteiger partial charge is 0.306 e. The molecule has 2 rings (SSSR count). The van der Waals surface area contributed by atoms with Crippen LogP contribution in [0.1, 0.15) is 12.0 Å². The first-order chi connectivity index (χ1) is 8.69. The molecule has 0 bridgehead atoms. The molecule has 1 N–H and O–H groups in total. The number of halogens is 1. The highest BCUT2D eigenvalue weighted by molar-refractivity contribution is 9.10. The van der Waals surface area contributed by atoms with Gasteiger partial charge >= 0.3 is 5.97 Å². The zero-order valence-corrected chi connectivity index (χ0v) is 11.8. The van der Waals surface area contributed by atoms with Gasteiger partial charge < -0.3 is 14.8 Å². The van der Waals surface area contributed by atoms with E-state index in [1.807, 2.05) is 12.1 Å². The molecule has 0 saturated carbocycles. The third kappa shape index (κ3) is 3.46. The number of fused-ring (bicyclic) bond motifs is 1. The van der Waals surface area contributed by atoms with Crippen molar-refractivity contribution in [1.82, 2.24) is 5.32 Å². The highest BCUT2D eigenvalue weighted by Crippen LogP contribution is 2.30. The van der Waals surface area contributed by atoms with Gasteiger partial charge in [0.1, 0.15) is 11.9 Å². The van der Waals surface area contributed by atoms with Gasteiger partial charge in [0.15, 0.2) is 0 Å². The SMILES string of the molecule is COC(=O)CCNCC1Cc2cc(Br)ccc2O1. The Balaban J connectivity index is 1.73. The van der Waals surface area contributed by atoms with Crippen LogP contribution in [0, 0.1) is 0 Å². The van der Waals surface area contributed by atoms with E-state index in [9.17, 15) is 4.79 Å². The number of esters is 1. The van der Waals surface area contributed by atoms with Crippen LogP contribution in [0.3, 0.4) is 0 Å². The highest BCUT2D eigenvalue weighted by Gasteiger charge is 2.22. The predicted molar refractivity (Wildman–Crippen MR) is 71.8 cm³/mol. The van der Waals surface area contributed by atoms with Gasteiger partial charge in [0.05, 0.1) is 13.5 Å². The number of carbonyl (C=O) groups is 1. The summed E-state index contributed by atoms with van der Waals surface area (Å²) < 4.78 is 11.4. The fourth-order valence-corrected chi connectivity index (χ4v) is 2.37. The Bertz CT molecular complexity index is 436. The van der Waals surface area contributed by atoms with E-state index in [1.165, 1.54) is 12.7 Å². The van der Waals surface area contributed by atoms with Crippen molar-refractivity contribution in [1.29, 1.82) is 0 Å². The minimum atomic E-state index is -0.193. The molecule has 4 nitrogen and oxygen atoms in total. The lowest BCUT2D eigenvalue weighted by Gasteiger charge is -2.11. The standard InChI is InChI=1S/C13H16BrNO3/c1-17-13(16)4-5-15-8-11-7-9-6-10(14)2-3-12(9)18-11/h2-3,6,11,15H,4-5,7-8H2,1H3. The zero-order chi connectivity index (χ0) is 13.0. The molecule has 1 unspecified atom stereocenters. The lowest BCUT2D eigenvalue weighted by Crippen LogP contribution is -2.31. The number of ether oxygens (including phenoxy) is 2. The monoisotopic (exact) mass is 313 g/mol. The number of hydrogen-bond donors (Lipinski definition) is 1. The van der Waals surface area contributed by atoms with Crippen LogP contribution in [0.25, 0.3) is 0 Å². The van der Waals surface area contributed by atoms with Crippen LogP contribution in [0.2, 0.25) is 0 Å². The quantitative estimate of drug-likeness (QED) is 0.666. The van der Waals surface area contributed by atoms with Crippen molar-refractivity contribution < 1.29 is 14.3 Å².